The van der Waals surface area contributed by atoms with Crippen LogP contribution in [0, 0.1) is 0 Å². The van der Waals surface area contributed by atoms with Gasteiger partial charge in [0.05, 0.1) is 7.11 Å². The molecule has 19 heavy (non-hydrogen) atoms. The second kappa shape index (κ2) is 5.45. The molecule has 1 N–H and O–H groups in total. The highest BCUT2D eigenvalue weighted by Gasteiger charge is 2.13. The summed E-state index contributed by atoms with van der Waals surface area (Å²) in [6, 6.07) is 8.42. The quantitative estimate of drug-likeness (QED) is 0.893. The second-order valence-electron chi connectivity index (χ2n) is 4.78. The molecule has 1 fully saturated rings. The first-order valence-electron chi connectivity index (χ1n) is 6.77. The van der Waals surface area contributed by atoms with Gasteiger partial charge in [-0.1, -0.05) is 6.07 Å². The molecule has 1 aromatic carbocycles. The SMILES string of the molecule is COc1nccc2c(N3CCCNCC3)cccc12. The standard InChI is InChI=1S/C15H19N3O/c1-19-15-13-4-2-5-14(12(13)6-8-17-15)18-10-3-7-16-9-11-18/h2,4-6,8,16H,3,7,9-11H2,1H3. The van der Waals surface area contributed by atoms with E-state index < -0.39 is 0 Å². The van der Waals surface area contributed by atoms with Crippen molar-refractivity contribution in [3.8, 4) is 5.88 Å². The van der Waals surface area contributed by atoms with Gasteiger partial charge in [-0.05, 0) is 31.2 Å². The van der Waals surface area contributed by atoms with Gasteiger partial charge in [0, 0.05) is 42.3 Å². The van der Waals surface area contributed by atoms with E-state index in [4.69, 9.17) is 4.74 Å². The molecule has 2 heterocycles. The van der Waals surface area contributed by atoms with Gasteiger partial charge in [0.15, 0.2) is 0 Å². The summed E-state index contributed by atoms with van der Waals surface area (Å²) in [5.41, 5.74) is 1.28. The summed E-state index contributed by atoms with van der Waals surface area (Å²) in [5, 5.41) is 5.74. The summed E-state index contributed by atoms with van der Waals surface area (Å²) < 4.78 is 5.35. The largest absolute Gasteiger partial charge is 0.481 e. The molecule has 1 aliphatic rings. The lowest BCUT2D eigenvalue weighted by Crippen LogP contribution is -2.27. The molecule has 0 unspecified atom stereocenters. The van der Waals surface area contributed by atoms with Crippen molar-refractivity contribution in [1.29, 1.82) is 0 Å². The highest BCUT2D eigenvalue weighted by molar-refractivity contribution is 5.97. The molecule has 100 valence electrons. The minimum atomic E-state index is 0.701. The Morgan fingerprint density at radius 1 is 1.16 bits per heavy atom. The number of pyridine rings is 1. The molecule has 0 atom stereocenters. The molecule has 0 spiro atoms. The zero-order valence-corrected chi connectivity index (χ0v) is 11.2. The van der Waals surface area contributed by atoms with E-state index in [1.54, 1.807) is 7.11 Å². The lowest BCUT2D eigenvalue weighted by molar-refractivity contribution is 0.403. The normalized spacial score (nSPS) is 16.4. The number of nitrogens with one attached hydrogen (secondary N) is 1. The number of benzene rings is 1. The van der Waals surface area contributed by atoms with Crippen LogP contribution in [0.4, 0.5) is 5.69 Å². The van der Waals surface area contributed by atoms with E-state index in [9.17, 15) is 0 Å². The Morgan fingerprint density at radius 2 is 2.11 bits per heavy atom. The predicted molar refractivity (Wildman–Crippen MR) is 78.0 cm³/mol. The third-order valence-electron chi connectivity index (χ3n) is 3.62. The highest BCUT2D eigenvalue weighted by Crippen LogP contribution is 2.31. The van der Waals surface area contributed by atoms with Gasteiger partial charge in [0.2, 0.25) is 5.88 Å². The third-order valence-corrected chi connectivity index (χ3v) is 3.62. The van der Waals surface area contributed by atoms with E-state index in [-0.39, 0.29) is 0 Å². The molecule has 2 aromatic rings. The Kier molecular flexibility index (Phi) is 3.51. The molecule has 1 saturated heterocycles. The number of aromatic nitrogens is 1. The number of anilines is 1. The van der Waals surface area contributed by atoms with Crippen molar-refractivity contribution >= 4 is 16.5 Å². The van der Waals surface area contributed by atoms with E-state index in [0.717, 1.165) is 31.6 Å². The first-order chi connectivity index (χ1) is 9.40. The maximum absolute atomic E-state index is 5.35. The third kappa shape index (κ3) is 2.36. The van der Waals surface area contributed by atoms with Crippen LogP contribution in [0.25, 0.3) is 10.8 Å². The Balaban J connectivity index is 2.07. The monoisotopic (exact) mass is 257 g/mol. The fourth-order valence-electron chi connectivity index (χ4n) is 2.69. The van der Waals surface area contributed by atoms with Crippen LogP contribution in [0.5, 0.6) is 5.88 Å². The van der Waals surface area contributed by atoms with Gasteiger partial charge < -0.3 is 15.0 Å². The van der Waals surface area contributed by atoms with Crippen molar-refractivity contribution < 1.29 is 4.74 Å². The average molecular weight is 257 g/mol. The Bertz CT molecular complexity index is 562. The van der Waals surface area contributed by atoms with Crippen molar-refractivity contribution in [1.82, 2.24) is 10.3 Å². The average Bonchev–Trinajstić information content (AvgIpc) is 2.75. The highest BCUT2D eigenvalue weighted by atomic mass is 16.5. The molecule has 1 aromatic heterocycles. The summed E-state index contributed by atoms with van der Waals surface area (Å²) in [7, 11) is 1.67. The minimum absolute atomic E-state index is 0.701. The predicted octanol–water partition coefficient (Wildman–Crippen LogP) is 2.04. The molecule has 0 aliphatic carbocycles. The van der Waals surface area contributed by atoms with E-state index in [0.29, 0.717) is 5.88 Å². The van der Waals surface area contributed by atoms with E-state index >= 15 is 0 Å². The second-order valence-corrected chi connectivity index (χ2v) is 4.78. The topological polar surface area (TPSA) is 37.4 Å². The molecule has 4 heteroatoms. The molecule has 1 aliphatic heterocycles. The molecular weight excluding hydrogens is 238 g/mol. The first-order valence-corrected chi connectivity index (χ1v) is 6.77. The van der Waals surface area contributed by atoms with Gasteiger partial charge in [0.25, 0.3) is 0 Å². The molecule has 0 saturated carbocycles. The Hall–Kier alpha value is -1.81. The smallest absolute Gasteiger partial charge is 0.221 e. The number of hydrogen-bond donors (Lipinski definition) is 1. The Labute approximate surface area is 113 Å². The summed E-state index contributed by atoms with van der Waals surface area (Å²) in [5.74, 6) is 0.701. The van der Waals surface area contributed by atoms with E-state index in [1.165, 1.54) is 17.5 Å². The van der Waals surface area contributed by atoms with Gasteiger partial charge in [-0.3, -0.25) is 0 Å². The number of hydrogen-bond acceptors (Lipinski definition) is 4. The van der Waals surface area contributed by atoms with E-state index in [2.05, 4.69) is 39.5 Å². The van der Waals surface area contributed by atoms with Crippen molar-refractivity contribution in [3.05, 3.63) is 30.5 Å². The van der Waals surface area contributed by atoms with Gasteiger partial charge in [-0.2, -0.15) is 0 Å². The van der Waals surface area contributed by atoms with Crippen LogP contribution in [-0.2, 0) is 0 Å². The summed E-state index contributed by atoms with van der Waals surface area (Å²) in [6.45, 7) is 4.28. The van der Waals surface area contributed by atoms with Crippen LogP contribution in [-0.4, -0.2) is 38.3 Å². The van der Waals surface area contributed by atoms with Crippen LogP contribution in [0.3, 0.4) is 0 Å². The van der Waals surface area contributed by atoms with Crippen LogP contribution >= 0.6 is 0 Å². The lowest BCUT2D eigenvalue weighted by Gasteiger charge is -2.24. The van der Waals surface area contributed by atoms with Gasteiger partial charge in [-0.25, -0.2) is 4.98 Å². The molecule has 4 nitrogen and oxygen atoms in total. The zero-order valence-electron chi connectivity index (χ0n) is 11.2. The fraction of sp³-hybridized carbons (Fsp3) is 0.400. The van der Waals surface area contributed by atoms with Crippen LogP contribution in [0.1, 0.15) is 6.42 Å². The molecule has 0 radical (unpaired) electrons. The number of nitrogens with zero attached hydrogens (tertiary/aromatic N) is 2. The number of methoxy groups -OCH3 is 1. The molecule has 0 amide bonds. The van der Waals surface area contributed by atoms with Gasteiger partial charge in [-0.15, -0.1) is 0 Å². The lowest BCUT2D eigenvalue weighted by atomic mass is 10.1. The van der Waals surface area contributed by atoms with Crippen molar-refractivity contribution in [3.63, 3.8) is 0 Å². The van der Waals surface area contributed by atoms with Crippen LogP contribution < -0.4 is 15.0 Å². The summed E-state index contributed by atoms with van der Waals surface area (Å²) in [4.78, 5) is 6.72. The summed E-state index contributed by atoms with van der Waals surface area (Å²) in [6.07, 6.45) is 3.00. The van der Waals surface area contributed by atoms with Crippen molar-refractivity contribution in [2.24, 2.45) is 0 Å². The van der Waals surface area contributed by atoms with Crippen molar-refractivity contribution in [2.75, 3.05) is 38.2 Å². The zero-order chi connectivity index (χ0) is 13.1. The fourth-order valence-corrected chi connectivity index (χ4v) is 2.69. The summed E-state index contributed by atoms with van der Waals surface area (Å²) >= 11 is 0. The number of rotatable bonds is 2. The first kappa shape index (κ1) is 12.2. The number of ether oxygens (including phenoxy) is 1. The molecular formula is C15H19N3O. The van der Waals surface area contributed by atoms with Gasteiger partial charge >= 0.3 is 0 Å². The van der Waals surface area contributed by atoms with Crippen LogP contribution in [0.15, 0.2) is 30.5 Å². The van der Waals surface area contributed by atoms with Gasteiger partial charge in [0.1, 0.15) is 0 Å². The van der Waals surface area contributed by atoms with Crippen molar-refractivity contribution in [2.45, 2.75) is 6.42 Å². The van der Waals surface area contributed by atoms with Crippen LogP contribution in [0.2, 0.25) is 0 Å². The maximum atomic E-state index is 5.35. The molecule has 3 rings (SSSR count). The molecule has 0 bridgehead atoms. The minimum Gasteiger partial charge on any atom is -0.481 e. The Morgan fingerprint density at radius 3 is 3.00 bits per heavy atom. The number of fused-ring (bicyclic) bond motifs is 1. The maximum Gasteiger partial charge on any atom is 0.221 e. The van der Waals surface area contributed by atoms with E-state index in [1.807, 2.05) is 6.20 Å².